The summed E-state index contributed by atoms with van der Waals surface area (Å²) < 4.78 is 27.7. The van der Waals surface area contributed by atoms with Crippen LogP contribution in [0.3, 0.4) is 0 Å². The number of anilines is 2. The number of aromatic nitrogens is 2. The lowest BCUT2D eigenvalue weighted by molar-refractivity contribution is -0.116. The van der Waals surface area contributed by atoms with Gasteiger partial charge in [-0.3, -0.25) is 4.79 Å². The Bertz CT molecular complexity index is 1220. The second kappa shape index (κ2) is 9.33. The number of amides is 1. The lowest BCUT2D eigenvalue weighted by atomic mass is 10.1. The second-order valence-electron chi connectivity index (χ2n) is 6.91. The van der Waals surface area contributed by atoms with Gasteiger partial charge in [0.1, 0.15) is 22.3 Å². The lowest BCUT2D eigenvalue weighted by Gasteiger charge is -2.09. The molecule has 0 aliphatic rings. The van der Waals surface area contributed by atoms with Crippen LogP contribution in [0.5, 0.6) is 0 Å². The SMILES string of the molecule is CCSc1nn(CC(=O)Nc2ccc(C)c(C)c2)c(N)c1S(=O)(=O)c1ccc(Cl)cc1. The van der Waals surface area contributed by atoms with Crippen molar-refractivity contribution in [1.82, 2.24) is 9.78 Å². The normalized spacial score (nSPS) is 11.5. The standard InChI is InChI=1S/C21H23ClN4O3S2/c1-4-30-21-19(31(28,29)17-9-6-15(22)7-10-17)20(23)26(25-21)12-18(27)24-16-8-5-13(2)14(3)11-16/h5-11H,4,12,23H2,1-3H3,(H,24,27). The van der Waals surface area contributed by atoms with Crippen molar-refractivity contribution in [3.8, 4) is 0 Å². The maximum absolute atomic E-state index is 13.2. The molecule has 1 amide bonds. The zero-order valence-electron chi connectivity index (χ0n) is 17.3. The number of aryl methyl sites for hydroxylation is 2. The highest BCUT2D eigenvalue weighted by molar-refractivity contribution is 8.00. The molecule has 0 radical (unpaired) electrons. The number of halogens is 1. The monoisotopic (exact) mass is 478 g/mol. The third-order valence-electron chi connectivity index (χ3n) is 4.67. The number of nitrogen functional groups attached to an aromatic ring is 1. The molecule has 3 aromatic rings. The molecular weight excluding hydrogens is 456 g/mol. The van der Waals surface area contributed by atoms with Crippen molar-refractivity contribution in [2.24, 2.45) is 0 Å². The summed E-state index contributed by atoms with van der Waals surface area (Å²) in [4.78, 5) is 12.5. The van der Waals surface area contributed by atoms with Gasteiger partial charge in [0.25, 0.3) is 0 Å². The lowest BCUT2D eigenvalue weighted by Crippen LogP contribution is -2.21. The molecule has 10 heteroatoms. The third-order valence-corrected chi connectivity index (χ3v) is 7.74. The van der Waals surface area contributed by atoms with Gasteiger partial charge in [0.2, 0.25) is 15.7 Å². The fourth-order valence-corrected chi connectivity index (χ4v) is 5.61. The van der Waals surface area contributed by atoms with Gasteiger partial charge in [-0.25, -0.2) is 13.1 Å². The van der Waals surface area contributed by atoms with Gasteiger partial charge >= 0.3 is 0 Å². The van der Waals surface area contributed by atoms with Crippen LogP contribution in [0, 0.1) is 13.8 Å². The topological polar surface area (TPSA) is 107 Å². The molecule has 1 heterocycles. The Morgan fingerprint density at radius 3 is 2.45 bits per heavy atom. The number of rotatable bonds is 7. The first-order valence-electron chi connectivity index (χ1n) is 9.50. The van der Waals surface area contributed by atoms with Crippen LogP contribution in [0.1, 0.15) is 18.1 Å². The summed E-state index contributed by atoms with van der Waals surface area (Å²) in [6.07, 6.45) is 0. The summed E-state index contributed by atoms with van der Waals surface area (Å²) in [5.74, 6) is 0.149. The second-order valence-corrected chi connectivity index (χ2v) is 10.5. The van der Waals surface area contributed by atoms with E-state index in [2.05, 4.69) is 10.4 Å². The maximum Gasteiger partial charge on any atom is 0.246 e. The molecule has 0 fully saturated rings. The first kappa shape index (κ1) is 23.2. The quantitative estimate of drug-likeness (QED) is 0.490. The molecule has 3 rings (SSSR count). The van der Waals surface area contributed by atoms with E-state index in [4.69, 9.17) is 17.3 Å². The zero-order chi connectivity index (χ0) is 22.8. The van der Waals surface area contributed by atoms with Crippen molar-refractivity contribution >= 4 is 50.6 Å². The van der Waals surface area contributed by atoms with Crippen LogP contribution in [0.4, 0.5) is 11.5 Å². The Hall–Kier alpha value is -2.49. The zero-order valence-corrected chi connectivity index (χ0v) is 19.7. The van der Waals surface area contributed by atoms with Crippen LogP contribution in [0.2, 0.25) is 5.02 Å². The minimum Gasteiger partial charge on any atom is -0.383 e. The molecule has 0 saturated heterocycles. The van der Waals surface area contributed by atoms with Gasteiger partial charge in [0, 0.05) is 10.7 Å². The minimum atomic E-state index is -3.94. The number of nitrogens with two attached hydrogens (primary N) is 1. The smallest absolute Gasteiger partial charge is 0.246 e. The van der Waals surface area contributed by atoms with E-state index in [0.29, 0.717) is 16.5 Å². The average Bonchev–Trinajstić information content (AvgIpc) is 3.01. The number of thioether (sulfide) groups is 1. The van der Waals surface area contributed by atoms with Crippen molar-refractivity contribution in [3.05, 3.63) is 58.6 Å². The molecule has 3 N–H and O–H groups in total. The van der Waals surface area contributed by atoms with Crippen LogP contribution in [-0.4, -0.2) is 29.9 Å². The highest BCUT2D eigenvalue weighted by atomic mass is 35.5. The number of benzene rings is 2. The molecule has 0 saturated carbocycles. The fraction of sp³-hybridized carbons (Fsp3) is 0.238. The van der Waals surface area contributed by atoms with Crippen LogP contribution in [-0.2, 0) is 21.2 Å². The Morgan fingerprint density at radius 1 is 1.16 bits per heavy atom. The van der Waals surface area contributed by atoms with Gasteiger partial charge in [-0.15, -0.1) is 11.8 Å². The summed E-state index contributed by atoms with van der Waals surface area (Å²) in [5.41, 5.74) is 8.99. The van der Waals surface area contributed by atoms with Crippen LogP contribution < -0.4 is 11.1 Å². The molecule has 31 heavy (non-hydrogen) atoms. The summed E-state index contributed by atoms with van der Waals surface area (Å²) in [5, 5.41) is 7.79. The van der Waals surface area contributed by atoms with E-state index in [0.717, 1.165) is 11.1 Å². The molecule has 7 nitrogen and oxygen atoms in total. The van der Waals surface area contributed by atoms with Gasteiger partial charge in [-0.1, -0.05) is 24.6 Å². The average molecular weight is 479 g/mol. The van der Waals surface area contributed by atoms with Crippen molar-refractivity contribution < 1.29 is 13.2 Å². The molecule has 0 spiro atoms. The minimum absolute atomic E-state index is 0.0562. The summed E-state index contributed by atoms with van der Waals surface area (Å²) in [7, 11) is -3.94. The Kier molecular flexibility index (Phi) is 6.98. The summed E-state index contributed by atoms with van der Waals surface area (Å²) in [6, 6.07) is 11.4. The van der Waals surface area contributed by atoms with E-state index >= 15 is 0 Å². The Labute approximate surface area is 190 Å². The van der Waals surface area contributed by atoms with Crippen molar-refractivity contribution in [3.63, 3.8) is 0 Å². The van der Waals surface area contributed by atoms with E-state index in [9.17, 15) is 13.2 Å². The Balaban J connectivity index is 1.92. The molecule has 1 aromatic heterocycles. The van der Waals surface area contributed by atoms with E-state index in [-0.39, 0.29) is 33.1 Å². The van der Waals surface area contributed by atoms with Crippen molar-refractivity contribution in [2.45, 2.75) is 42.1 Å². The predicted octanol–water partition coefficient (Wildman–Crippen LogP) is 4.32. The maximum atomic E-state index is 13.2. The first-order valence-corrected chi connectivity index (χ1v) is 12.3. The highest BCUT2D eigenvalue weighted by Gasteiger charge is 2.30. The molecule has 0 aliphatic carbocycles. The van der Waals surface area contributed by atoms with E-state index < -0.39 is 9.84 Å². The van der Waals surface area contributed by atoms with Gasteiger partial charge in [0.05, 0.1) is 4.90 Å². The molecule has 0 bridgehead atoms. The van der Waals surface area contributed by atoms with Crippen molar-refractivity contribution in [1.29, 1.82) is 0 Å². The molecule has 164 valence electrons. The number of sulfone groups is 1. The summed E-state index contributed by atoms with van der Waals surface area (Å²) >= 11 is 7.13. The number of hydrogen-bond donors (Lipinski definition) is 2. The number of carbonyl (C=O) groups excluding carboxylic acids is 1. The van der Waals surface area contributed by atoms with Gasteiger partial charge in [-0.2, -0.15) is 5.10 Å². The number of nitrogens with one attached hydrogen (secondary N) is 1. The molecule has 0 aliphatic heterocycles. The van der Waals surface area contributed by atoms with E-state index in [1.807, 2.05) is 39.0 Å². The van der Waals surface area contributed by atoms with Gasteiger partial charge < -0.3 is 11.1 Å². The van der Waals surface area contributed by atoms with E-state index in [1.54, 1.807) is 0 Å². The molecule has 2 aromatic carbocycles. The highest BCUT2D eigenvalue weighted by Crippen LogP contribution is 2.35. The molecule has 0 atom stereocenters. The predicted molar refractivity (Wildman–Crippen MR) is 124 cm³/mol. The van der Waals surface area contributed by atoms with Gasteiger partial charge in [0.15, 0.2) is 0 Å². The molecular formula is C21H23ClN4O3S2. The summed E-state index contributed by atoms with van der Waals surface area (Å²) in [6.45, 7) is 5.61. The Morgan fingerprint density at radius 2 is 1.84 bits per heavy atom. The van der Waals surface area contributed by atoms with Crippen LogP contribution in [0.15, 0.2) is 57.3 Å². The van der Waals surface area contributed by atoms with Crippen molar-refractivity contribution in [2.75, 3.05) is 16.8 Å². The number of carbonyl (C=O) groups is 1. The largest absolute Gasteiger partial charge is 0.383 e. The number of nitrogens with zero attached hydrogens (tertiary/aromatic N) is 2. The number of hydrogen-bond acceptors (Lipinski definition) is 6. The van der Waals surface area contributed by atoms with Gasteiger partial charge in [-0.05, 0) is 67.1 Å². The fourth-order valence-electron chi connectivity index (χ4n) is 2.93. The van der Waals surface area contributed by atoms with Crippen LogP contribution in [0.25, 0.3) is 0 Å². The molecule has 0 unspecified atom stereocenters. The first-order chi connectivity index (χ1) is 14.6. The third kappa shape index (κ3) is 5.06. The van der Waals surface area contributed by atoms with E-state index in [1.165, 1.54) is 40.7 Å². The van der Waals surface area contributed by atoms with Crippen LogP contribution >= 0.6 is 23.4 Å².